The molecule has 7 nitrogen and oxygen atoms in total. The van der Waals surface area contributed by atoms with Crippen molar-refractivity contribution in [3.05, 3.63) is 204 Å². The van der Waals surface area contributed by atoms with Gasteiger partial charge >= 0.3 is 0 Å². The normalized spacial score (nSPS) is 15.4. The van der Waals surface area contributed by atoms with Gasteiger partial charge in [-0.2, -0.15) is 0 Å². The first-order chi connectivity index (χ1) is 28.5. The summed E-state index contributed by atoms with van der Waals surface area (Å²) in [6, 6.07) is 61.1. The summed E-state index contributed by atoms with van der Waals surface area (Å²) in [5.41, 5.74) is 13.8. The molecule has 2 aromatic heterocycles. The Balaban J connectivity index is 1.02. The van der Waals surface area contributed by atoms with Crippen LogP contribution < -0.4 is 5.32 Å². The first-order valence-electron chi connectivity index (χ1n) is 19.6. The number of nitrogens with one attached hydrogen (secondary N) is 1. The molecular weight excluding hydrogens is 711 g/mol. The molecule has 276 valence electrons. The predicted molar refractivity (Wildman–Crippen MR) is 234 cm³/mol. The summed E-state index contributed by atoms with van der Waals surface area (Å²) in [7, 11) is 0. The fourth-order valence-corrected chi connectivity index (χ4v) is 8.61. The van der Waals surface area contributed by atoms with E-state index in [4.69, 9.17) is 25.2 Å². The molecule has 1 aliphatic heterocycles. The number of para-hydroxylation sites is 1. The molecule has 7 heteroatoms. The Bertz CT molecular complexity index is 3120. The van der Waals surface area contributed by atoms with Gasteiger partial charge in [-0.15, -0.1) is 10.2 Å². The monoisotopic (exact) mass is 747 g/mol. The van der Waals surface area contributed by atoms with Crippen molar-refractivity contribution in [3.63, 3.8) is 0 Å². The molecule has 1 atom stereocenters. The van der Waals surface area contributed by atoms with Gasteiger partial charge in [-0.25, -0.2) is 15.0 Å². The van der Waals surface area contributed by atoms with Crippen molar-refractivity contribution in [3.8, 4) is 45.0 Å². The summed E-state index contributed by atoms with van der Waals surface area (Å²) in [4.78, 5) is 15.5. The van der Waals surface area contributed by atoms with Crippen LogP contribution in [0, 0.1) is 0 Å². The Hall–Kier alpha value is -7.51. The molecule has 1 unspecified atom stereocenters. The lowest BCUT2D eigenvalue weighted by Gasteiger charge is -2.23. The summed E-state index contributed by atoms with van der Waals surface area (Å²) in [6.07, 6.45) is -0.275. The maximum Gasteiger partial charge on any atom is 0.172 e. The summed E-state index contributed by atoms with van der Waals surface area (Å²) < 4.78 is 2.13. The van der Waals surface area contributed by atoms with E-state index in [9.17, 15) is 0 Å². The number of hydrogen-bond donors (Lipinski definition) is 1. The van der Waals surface area contributed by atoms with Gasteiger partial charge in [0.1, 0.15) is 17.8 Å². The average Bonchev–Trinajstić information content (AvgIpc) is 3.84. The lowest BCUT2D eigenvalue weighted by Crippen LogP contribution is -2.33. The second kappa shape index (κ2) is 13.3. The number of nitrogens with zero attached hydrogens (tertiary/aromatic N) is 6. The van der Waals surface area contributed by atoms with Gasteiger partial charge in [-0.1, -0.05) is 159 Å². The Morgan fingerprint density at radius 3 is 1.98 bits per heavy atom. The zero-order valence-electron chi connectivity index (χ0n) is 32.0. The second-order valence-electron chi connectivity index (χ2n) is 15.5. The first kappa shape index (κ1) is 33.8. The maximum atomic E-state index is 5.31. The van der Waals surface area contributed by atoms with E-state index in [2.05, 4.69) is 151 Å². The van der Waals surface area contributed by atoms with Gasteiger partial charge in [0.2, 0.25) is 0 Å². The minimum atomic E-state index is -0.275. The number of amidine groups is 2. The highest BCUT2D eigenvalue weighted by molar-refractivity contribution is 6.13. The number of aliphatic imine (C=N–C) groups is 2. The van der Waals surface area contributed by atoms with Crippen LogP contribution in [0.5, 0.6) is 0 Å². The highest BCUT2D eigenvalue weighted by Crippen LogP contribution is 2.49. The molecule has 0 bridgehead atoms. The number of benzene rings is 7. The standard InChI is InChI=1S/C51H37N7/c1-51(2)42-25-11-9-23-39(42)40-28-27-38(31-43(40)51)48-52-44-26-12-10-24-41(44)50-57-56-49(58(48)50)37-22-14-20-35(30-37)34-19-13-21-36(29-34)47-54-45(32-15-5-3-6-16-32)53-46(55-47)33-17-7-4-8-18-33/h3-31,45H,1-2H3,(H,53,54,55). The van der Waals surface area contributed by atoms with Crippen molar-refractivity contribution in [2.75, 3.05) is 0 Å². The van der Waals surface area contributed by atoms with Crippen LogP contribution >= 0.6 is 0 Å². The average molecular weight is 748 g/mol. The minimum Gasteiger partial charge on any atom is -0.344 e. The van der Waals surface area contributed by atoms with Gasteiger partial charge in [-0.3, -0.25) is 4.40 Å². The van der Waals surface area contributed by atoms with Gasteiger partial charge in [-0.05, 0) is 69.3 Å². The van der Waals surface area contributed by atoms with E-state index in [-0.39, 0.29) is 11.6 Å². The van der Waals surface area contributed by atoms with Crippen LogP contribution in [0.2, 0.25) is 0 Å². The van der Waals surface area contributed by atoms with Crippen molar-refractivity contribution in [2.24, 2.45) is 9.98 Å². The maximum absolute atomic E-state index is 5.31. The molecule has 0 fully saturated rings. The molecule has 0 saturated heterocycles. The van der Waals surface area contributed by atoms with E-state index < -0.39 is 0 Å². The zero-order valence-corrected chi connectivity index (χ0v) is 32.0. The molecule has 58 heavy (non-hydrogen) atoms. The van der Waals surface area contributed by atoms with Crippen LogP contribution in [-0.4, -0.2) is 31.3 Å². The SMILES string of the molecule is CC1(C)c2ccccc2-c2ccc(-c3nc4ccccc4c4nnc(-c5cccc(-c6cccc(C7=NC(c8ccccc8)NC(c8ccccc8)=N7)c6)c5)n34)cc21. The van der Waals surface area contributed by atoms with Crippen LogP contribution in [-0.2, 0) is 5.41 Å². The number of hydrogen-bond acceptors (Lipinski definition) is 6. The first-order valence-corrected chi connectivity index (χ1v) is 19.6. The third-order valence-electron chi connectivity index (χ3n) is 11.6. The van der Waals surface area contributed by atoms with Gasteiger partial charge in [0.25, 0.3) is 0 Å². The van der Waals surface area contributed by atoms with E-state index >= 15 is 0 Å². The van der Waals surface area contributed by atoms with Crippen molar-refractivity contribution in [2.45, 2.75) is 25.4 Å². The Labute approximate surface area is 336 Å². The van der Waals surface area contributed by atoms with Crippen LogP contribution in [0.3, 0.4) is 0 Å². The van der Waals surface area contributed by atoms with E-state index in [1.54, 1.807) is 0 Å². The van der Waals surface area contributed by atoms with Crippen molar-refractivity contribution < 1.29 is 0 Å². The van der Waals surface area contributed by atoms with E-state index in [0.29, 0.717) is 5.84 Å². The Kier molecular flexibility index (Phi) is 7.76. The smallest absolute Gasteiger partial charge is 0.172 e. The molecule has 0 saturated carbocycles. The number of fused-ring (bicyclic) bond motifs is 6. The van der Waals surface area contributed by atoms with Gasteiger partial charge in [0.15, 0.2) is 17.3 Å². The van der Waals surface area contributed by atoms with Crippen LogP contribution in [0.1, 0.15) is 47.8 Å². The lowest BCUT2D eigenvalue weighted by molar-refractivity contribution is 0.660. The van der Waals surface area contributed by atoms with Crippen LogP contribution in [0.4, 0.5) is 0 Å². The molecule has 1 N–H and O–H groups in total. The minimum absolute atomic E-state index is 0.145. The molecule has 1 aliphatic carbocycles. The van der Waals surface area contributed by atoms with Crippen LogP contribution in [0.25, 0.3) is 61.6 Å². The largest absolute Gasteiger partial charge is 0.344 e. The summed E-state index contributed by atoms with van der Waals surface area (Å²) >= 11 is 0. The van der Waals surface area contributed by atoms with Gasteiger partial charge in [0.05, 0.1) is 5.52 Å². The highest BCUT2D eigenvalue weighted by atomic mass is 15.3. The lowest BCUT2D eigenvalue weighted by atomic mass is 9.82. The zero-order chi connectivity index (χ0) is 38.8. The third kappa shape index (κ3) is 5.54. The number of aromatic nitrogens is 4. The summed E-state index contributed by atoms with van der Waals surface area (Å²) in [5.74, 6) is 3.00. The molecule has 7 aromatic carbocycles. The molecule has 11 rings (SSSR count). The van der Waals surface area contributed by atoms with Crippen molar-refractivity contribution >= 4 is 28.2 Å². The fourth-order valence-electron chi connectivity index (χ4n) is 8.61. The molecule has 0 amide bonds. The van der Waals surface area contributed by atoms with Crippen LogP contribution in [0.15, 0.2) is 186 Å². The highest BCUT2D eigenvalue weighted by Gasteiger charge is 2.35. The van der Waals surface area contributed by atoms with Gasteiger partial charge in [0, 0.05) is 33.1 Å². The molecule has 9 aromatic rings. The fraction of sp³-hybridized carbons (Fsp3) is 0.0784. The van der Waals surface area contributed by atoms with Crippen molar-refractivity contribution in [1.82, 2.24) is 24.9 Å². The van der Waals surface area contributed by atoms with E-state index in [1.165, 1.54) is 22.3 Å². The van der Waals surface area contributed by atoms with Crippen molar-refractivity contribution in [1.29, 1.82) is 0 Å². The topological polar surface area (TPSA) is 79.8 Å². The molecule has 2 aliphatic rings. The molecular formula is C51H37N7. The molecule has 3 heterocycles. The molecule has 0 spiro atoms. The summed E-state index contributed by atoms with van der Waals surface area (Å²) in [5, 5.41) is 14.2. The second-order valence-corrected chi connectivity index (χ2v) is 15.5. The Morgan fingerprint density at radius 2 is 1.16 bits per heavy atom. The quantitative estimate of drug-likeness (QED) is 0.184. The number of rotatable bonds is 6. The molecule has 0 radical (unpaired) electrons. The Morgan fingerprint density at radius 1 is 0.517 bits per heavy atom. The van der Waals surface area contributed by atoms with E-state index in [0.717, 1.165) is 73.0 Å². The van der Waals surface area contributed by atoms with E-state index in [1.807, 2.05) is 48.5 Å². The predicted octanol–water partition coefficient (Wildman–Crippen LogP) is 11.1. The summed E-state index contributed by atoms with van der Waals surface area (Å²) in [6.45, 7) is 4.62. The third-order valence-corrected chi connectivity index (χ3v) is 11.6. The van der Waals surface area contributed by atoms with Gasteiger partial charge < -0.3 is 5.32 Å².